The van der Waals surface area contributed by atoms with E-state index in [1.807, 2.05) is 0 Å². The molecule has 2 aliphatic rings. The number of morpholine rings is 1. The van der Waals surface area contributed by atoms with Crippen molar-refractivity contribution in [1.82, 2.24) is 14.5 Å². The minimum absolute atomic E-state index is 0.0208. The van der Waals surface area contributed by atoms with E-state index < -0.39 is 59.4 Å². The molecule has 2 aromatic carbocycles. The maximum absolute atomic E-state index is 15.3. The van der Waals surface area contributed by atoms with Gasteiger partial charge in [-0.05, 0) is 42.3 Å². The van der Waals surface area contributed by atoms with Crippen molar-refractivity contribution in [2.75, 3.05) is 31.8 Å². The number of fused-ring (bicyclic) bond motifs is 1. The zero-order chi connectivity index (χ0) is 32.6. The number of amides is 1. The molecule has 0 radical (unpaired) electrons. The van der Waals surface area contributed by atoms with E-state index in [2.05, 4.69) is 5.32 Å². The quantitative estimate of drug-likeness (QED) is 0.311. The summed E-state index contributed by atoms with van der Waals surface area (Å²) in [6, 6.07) is 5.05. The van der Waals surface area contributed by atoms with Crippen molar-refractivity contribution in [2.45, 2.75) is 44.8 Å². The maximum Gasteiger partial charge on any atom is 0.411 e. The minimum atomic E-state index is -4.62. The molecule has 2 atom stereocenters. The number of ether oxygens (including phenoxy) is 3. The van der Waals surface area contributed by atoms with Gasteiger partial charge in [0.15, 0.2) is 0 Å². The average Bonchev–Trinajstić information content (AvgIpc) is 3.50. The third-order valence-electron chi connectivity index (χ3n) is 7.94. The van der Waals surface area contributed by atoms with E-state index in [1.54, 1.807) is 19.2 Å². The van der Waals surface area contributed by atoms with Crippen molar-refractivity contribution in [2.24, 2.45) is 7.05 Å². The van der Waals surface area contributed by atoms with E-state index in [0.717, 1.165) is 22.6 Å². The number of esters is 1. The number of nitrogens with one attached hydrogen (secondary N) is 1. The zero-order valence-corrected chi connectivity index (χ0v) is 24.6. The largest absolute Gasteiger partial charge is 0.467 e. The van der Waals surface area contributed by atoms with Gasteiger partial charge in [0.1, 0.15) is 17.9 Å². The number of hydrogen-bond donors (Lipinski definition) is 1. The van der Waals surface area contributed by atoms with E-state index in [-0.39, 0.29) is 49.7 Å². The molecule has 0 aliphatic carbocycles. The lowest BCUT2D eigenvalue weighted by atomic mass is 10.0. The highest BCUT2D eigenvalue weighted by molar-refractivity contribution is 5.98. The first-order valence-corrected chi connectivity index (χ1v) is 13.9. The number of carbonyl (C=O) groups excluding carboxylic acids is 2. The van der Waals surface area contributed by atoms with Crippen LogP contribution in [0.3, 0.4) is 0 Å². The Kier molecular flexibility index (Phi) is 8.85. The fourth-order valence-corrected chi connectivity index (χ4v) is 5.57. The lowest BCUT2D eigenvalue weighted by Gasteiger charge is -2.38. The van der Waals surface area contributed by atoms with Crippen LogP contribution in [0.1, 0.15) is 32.7 Å². The Balaban J connectivity index is 1.36. The average molecular weight is 635 g/mol. The smallest absolute Gasteiger partial charge is 0.411 e. The summed E-state index contributed by atoms with van der Waals surface area (Å²) in [5.74, 6) is -2.85. The third-order valence-corrected chi connectivity index (χ3v) is 7.94. The van der Waals surface area contributed by atoms with Crippen LogP contribution in [0.25, 0.3) is 5.69 Å². The molecule has 1 N–H and O–H groups in total. The second kappa shape index (κ2) is 12.5. The lowest BCUT2D eigenvalue weighted by molar-refractivity contribution is -0.167. The van der Waals surface area contributed by atoms with Crippen molar-refractivity contribution < 1.29 is 41.4 Å². The Morgan fingerprint density at radius 1 is 1.09 bits per heavy atom. The van der Waals surface area contributed by atoms with Gasteiger partial charge < -0.3 is 24.4 Å². The van der Waals surface area contributed by atoms with Gasteiger partial charge >= 0.3 is 17.8 Å². The normalized spacial score (nSPS) is 17.1. The van der Waals surface area contributed by atoms with Crippen LogP contribution in [-0.4, -0.2) is 66.1 Å². The Morgan fingerprint density at radius 2 is 1.80 bits per heavy atom. The van der Waals surface area contributed by atoms with Crippen LogP contribution in [0.15, 0.2) is 46.0 Å². The standard InChI is InChI=1S/C30H30F4N4O7/c1-16-10-19(37-8-9-44-15-24(37)30(32,33)34)12-21(31)25(16)26(39)35-22(28(41)43-3)11-17-4-6-18(7-5-17)38-27(40)20-13-45-14-23(20)36(2)29(38)42/h4-7,10,12,22,24H,8-9,11,13-15H2,1-3H3,(H,35,39)/t22-,24+/m0/s1. The summed E-state index contributed by atoms with van der Waals surface area (Å²) in [5, 5.41) is 2.46. The number of hydrogen-bond acceptors (Lipinski definition) is 8. The fraction of sp³-hybridized carbons (Fsp3) is 0.400. The fourth-order valence-electron chi connectivity index (χ4n) is 5.57. The van der Waals surface area contributed by atoms with Crippen molar-refractivity contribution in [3.8, 4) is 5.69 Å². The summed E-state index contributed by atoms with van der Waals surface area (Å²) in [4.78, 5) is 52.7. The van der Waals surface area contributed by atoms with Gasteiger partial charge in [0.05, 0.1) is 56.0 Å². The highest BCUT2D eigenvalue weighted by Gasteiger charge is 2.45. The van der Waals surface area contributed by atoms with Crippen LogP contribution < -0.4 is 21.5 Å². The van der Waals surface area contributed by atoms with Crippen molar-refractivity contribution >= 4 is 17.6 Å². The van der Waals surface area contributed by atoms with Crippen LogP contribution in [0.2, 0.25) is 0 Å². The molecule has 0 spiro atoms. The number of benzene rings is 2. The van der Waals surface area contributed by atoms with E-state index >= 15 is 4.39 Å². The number of aromatic nitrogens is 2. The zero-order valence-electron chi connectivity index (χ0n) is 24.6. The molecule has 15 heteroatoms. The molecule has 5 rings (SSSR count). The number of nitrogens with zero attached hydrogens (tertiary/aromatic N) is 3. The first kappa shape index (κ1) is 31.9. The van der Waals surface area contributed by atoms with Crippen molar-refractivity contribution in [3.05, 3.63) is 91.0 Å². The number of halogens is 4. The van der Waals surface area contributed by atoms with E-state index in [9.17, 15) is 32.3 Å². The van der Waals surface area contributed by atoms with Gasteiger partial charge in [-0.2, -0.15) is 13.2 Å². The molecule has 240 valence electrons. The molecule has 0 bridgehead atoms. The molecule has 1 fully saturated rings. The van der Waals surface area contributed by atoms with Crippen LogP contribution in [0.4, 0.5) is 23.2 Å². The van der Waals surface area contributed by atoms with Crippen molar-refractivity contribution in [3.63, 3.8) is 0 Å². The number of alkyl halides is 3. The van der Waals surface area contributed by atoms with Gasteiger partial charge in [-0.15, -0.1) is 0 Å². The number of anilines is 1. The summed E-state index contributed by atoms with van der Waals surface area (Å²) in [7, 11) is 2.66. The Hall–Kier alpha value is -4.50. The molecular weight excluding hydrogens is 604 g/mol. The number of aryl methyl sites for hydroxylation is 1. The molecule has 0 saturated carbocycles. The van der Waals surface area contributed by atoms with Crippen LogP contribution in [-0.2, 0) is 45.7 Å². The highest BCUT2D eigenvalue weighted by atomic mass is 19.4. The van der Waals surface area contributed by atoms with Crippen LogP contribution in [0, 0.1) is 12.7 Å². The van der Waals surface area contributed by atoms with Crippen LogP contribution in [0.5, 0.6) is 0 Å². The molecular formula is C30H30F4N4O7. The predicted molar refractivity (Wildman–Crippen MR) is 152 cm³/mol. The second-order valence-electron chi connectivity index (χ2n) is 10.8. The first-order valence-electron chi connectivity index (χ1n) is 13.9. The summed E-state index contributed by atoms with van der Waals surface area (Å²) in [5.41, 5.74) is 0.224. The Morgan fingerprint density at radius 3 is 2.44 bits per heavy atom. The third kappa shape index (κ3) is 6.22. The highest BCUT2D eigenvalue weighted by Crippen LogP contribution is 2.33. The maximum atomic E-state index is 15.3. The van der Waals surface area contributed by atoms with Gasteiger partial charge in [-0.25, -0.2) is 18.5 Å². The van der Waals surface area contributed by atoms with Gasteiger partial charge in [-0.3, -0.25) is 14.2 Å². The lowest BCUT2D eigenvalue weighted by Crippen LogP contribution is -2.53. The van der Waals surface area contributed by atoms with Gasteiger partial charge in [0.25, 0.3) is 11.5 Å². The molecule has 1 saturated heterocycles. The van der Waals surface area contributed by atoms with Gasteiger partial charge in [0, 0.05) is 25.7 Å². The molecule has 1 amide bonds. The summed E-state index contributed by atoms with van der Waals surface area (Å²) in [6.07, 6.45) is -4.71. The van der Waals surface area contributed by atoms with Gasteiger partial charge in [-0.1, -0.05) is 12.1 Å². The van der Waals surface area contributed by atoms with Crippen LogP contribution >= 0.6 is 0 Å². The van der Waals surface area contributed by atoms with Gasteiger partial charge in [0.2, 0.25) is 0 Å². The SMILES string of the molecule is COC(=O)[C@H](Cc1ccc(-n2c(=O)c3c(n(C)c2=O)COC3)cc1)NC(=O)c1c(C)cc(N2CCOC[C@@H]2C(F)(F)F)cc1F. The summed E-state index contributed by atoms with van der Waals surface area (Å²) < 4.78 is 73.5. The predicted octanol–water partition coefficient (Wildman–Crippen LogP) is 2.30. The molecule has 2 aliphatic heterocycles. The summed E-state index contributed by atoms with van der Waals surface area (Å²) in [6.45, 7) is 0.925. The van der Waals surface area contributed by atoms with Crippen molar-refractivity contribution in [1.29, 1.82) is 0 Å². The van der Waals surface area contributed by atoms with E-state index in [1.165, 1.54) is 29.7 Å². The van der Waals surface area contributed by atoms with E-state index in [4.69, 9.17) is 14.2 Å². The van der Waals surface area contributed by atoms with E-state index in [0.29, 0.717) is 16.8 Å². The minimum Gasteiger partial charge on any atom is -0.467 e. The Labute approximate surface area is 253 Å². The topological polar surface area (TPSA) is 121 Å². The monoisotopic (exact) mass is 634 g/mol. The number of carbonyl (C=O) groups is 2. The second-order valence-corrected chi connectivity index (χ2v) is 10.8. The summed E-state index contributed by atoms with van der Waals surface area (Å²) >= 11 is 0. The molecule has 3 heterocycles. The molecule has 11 nitrogen and oxygen atoms in total. The Bertz CT molecular complexity index is 1730. The molecule has 1 aromatic heterocycles. The number of methoxy groups -OCH3 is 1. The molecule has 3 aromatic rings. The molecule has 0 unspecified atom stereocenters. The molecule has 45 heavy (non-hydrogen) atoms. The number of rotatable bonds is 7. The first-order chi connectivity index (χ1) is 21.3.